The predicted octanol–water partition coefficient (Wildman–Crippen LogP) is 2.09. The summed E-state index contributed by atoms with van der Waals surface area (Å²) in [5.74, 6) is 0.116. The summed E-state index contributed by atoms with van der Waals surface area (Å²) in [4.78, 5) is 23.2. The van der Waals surface area contributed by atoms with Crippen LogP contribution in [0.4, 0.5) is 11.4 Å². The molecule has 20 heavy (non-hydrogen) atoms. The van der Waals surface area contributed by atoms with E-state index in [0.717, 1.165) is 13.1 Å². The summed E-state index contributed by atoms with van der Waals surface area (Å²) in [6.45, 7) is 5.09. The van der Waals surface area contributed by atoms with Crippen LogP contribution in [-0.2, 0) is 9.59 Å². The summed E-state index contributed by atoms with van der Waals surface area (Å²) in [6.07, 6.45) is 0. The lowest BCUT2D eigenvalue weighted by Crippen LogP contribution is -2.48. The number of rotatable bonds is 4. The van der Waals surface area contributed by atoms with Crippen LogP contribution in [0.25, 0.3) is 0 Å². The van der Waals surface area contributed by atoms with Crippen LogP contribution in [0.5, 0.6) is 0 Å². The molecule has 1 heterocycles. The number of carbonyl (C=O) groups is 2. The molecule has 1 saturated heterocycles. The van der Waals surface area contributed by atoms with E-state index in [1.807, 2.05) is 6.92 Å². The Kier molecular flexibility index (Phi) is 4.62. The normalized spacial score (nSPS) is 16.1. The van der Waals surface area contributed by atoms with Gasteiger partial charge in [-0.3, -0.25) is 9.59 Å². The van der Waals surface area contributed by atoms with E-state index >= 15 is 0 Å². The topological polar surface area (TPSA) is 70.2 Å². The zero-order chi connectivity index (χ0) is 14.7. The van der Waals surface area contributed by atoms with Crippen molar-refractivity contribution in [3.05, 3.63) is 23.2 Å². The molecular formula is C14H18ClN3O2. The second-order valence-corrected chi connectivity index (χ2v) is 5.48. The Morgan fingerprint density at radius 3 is 2.60 bits per heavy atom. The summed E-state index contributed by atoms with van der Waals surface area (Å²) in [5.41, 5.74) is 1.12. The van der Waals surface area contributed by atoms with Crippen molar-refractivity contribution >= 4 is 34.8 Å². The lowest BCUT2D eigenvalue weighted by molar-refractivity contribution is -0.121. The standard InChI is InChI=1S/C14H18ClN3O2/c1-8(10-6-16-7-10)14(20)18-11-3-4-12(15)13(5-11)17-9(2)19/h3-5,8,10,16H,6-7H2,1-2H3,(H,17,19)(H,18,20). The van der Waals surface area contributed by atoms with Gasteiger partial charge in [0.15, 0.2) is 0 Å². The van der Waals surface area contributed by atoms with Crippen molar-refractivity contribution < 1.29 is 9.59 Å². The third-order valence-electron chi connectivity index (χ3n) is 3.48. The van der Waals surface area contributed by atoms with E-state index in [1.54, 1.807) is 18.2 Å². The first-order chi connectivity index (χ1) is 9.47. The minimum absolute atomic E-state index is 0.0207. The van der Waals surface area contributed by atoms with Gasteiger partial charge in [0.25, 0.3) is 0 Å². The number of carbonyl (C=O) groups excluding carboxylic acids is 2. The molecule has 3 N–H and O–H groups in total. The Morgan fingerprint density at radius 1 is 1.35 bits per heavy atom. The zero-order valence-corrected chi connectivity index (χ0v) is 12.3. The molecular weight excluding hydrogens is 278 g/mol. The molecule has 1 aliphatic rings. The van der Waals surface area contributed by atoms with Crippen molar-refractivity contribution in [3.63, 3.8) is 0 Å². The van der Waals surface area contributed by atoms with E-state index in [4.69, 9.17) is 11.6 Å². The van der Waals surface area contributed by atoms with Gasteiger partial charge in [-0.05, 0) is 37.2 Å². The molecule has 5 nitrogen and oxygen atoms in total. The van der Waals surface area contributed by atoms with E-state index in [0.29, 0.717) is 22.3 Å². The van der Waals surface area contributed by atoms with Crippen molar-refractivity contribution in [2.75, 3.05) is 23.7 Å². The van der Waals surface area contributed by atoms with E-state index in [2.05, 4.69) is 16.0 Å². The molecule has 0 spiro atoms. The van der Waals surface area contributed by atoms with Crippen molar-refractivity contribution in [3.8, 4) is 0 Å². The molecule has 0 saturated carbocycles. The van der Waals surface area contributed by atoms with E-state index in [-0.39, 0.29) is 17.7 Å². The molecule has 1 aromatic rings. The van der Waals surface area contributed by atoms with Crippen LogP contribution in [0.15, 0.2) is 18.2 Å². The number of anilines is 2. The van der Waals surface area contributed by atoms with Gasteiger partial charge in [-0.25, -0.2) is 0 Å². The van der Waals surface area contributed by atoms with Gasteiger partial charge >= 0.3 is 0 Å². The highest BCUT2D eigenvalue weighted by Gasteiger charge is 2.28. The van der Waals surface area contributed by atoms with Crippen LogP contribution in [0, 0.1) is 11.8 Å². The lowest BCUT2D eigenvalue weighted by atomic mass is 9.88. The number of halogens is 1. The maximum Gasteiger partial charge on any atom is 0.227 e. The molecule has 1 fully saturated rings. The minimum Gasteiger partial charge on any atom is -0.326 e. The Balaban J connectivity index is 2.05. The van der Waals surface area contributed by atoms with Crippen LogP contribution in [0.1, 0.15) is 13.8 Å². The van der Waals surface area contributed by atoms with Gasteiger partial charge < -0.3 is 16.0 Å². The fourth-order valence-corrected chi connectivity index (χ4v) is 2.19. The fraction of sp³-hybridized carbons (Fsp3) is 0.429. The average Bonchev–Trinajstić information content (AvgIpc) is 2.30. The number of nitrogens with one attached hydrogen (secondary N) is 3. The van der Waals surface area contributed by atoms with E-state index in [9.17, 15) is 9.59 Å². The second kappa shape index (κ2) is 6.24. The molecule has 0 aromatic heterocycles. The van der Waals surface area contributed by atoms with Gasteiger partial charge in [-0.2, -0.15) is 0 Å². The Morgan fingerprint density at radius 2 is 2.05 bits per heavy atom. The number of benzene rings is 1. The molecule has 2 amide bonds. The summed E-state index contributed by atoms with van der Waals surface area (Å²) < 4.78 is 0. The Bertz CT molecular complexity index is 529. The predicted molar refractivity (Wildman–Crippen MR) is 79.9 cm³/mol. The van der Waals surface area contributed by atoms with Crippen molar-refractivity contribution in [2.24, 2.45) is 11.8 Å². The first-order valence-electron chi connectivity index (χ1n) is 6.56. The van der Waals surface area contributed by atoms with E-state index in [1.165, 1.54) is 6.92 Å². The monoisotopic (exact) mass is 295 g/mol. The van der Waals surface area contributed by atoms with Gasteiger partial charge in [-0.1, -0.05) is 18.5 Å². The molecule has 1 atom stereocenters. The molecule has 0 bridgehead atoms. The second-order valence-electron chi connectivity index (χ2n) is 5.07. The summed E-state index contributed by atoms with van der Waals surface area (Å²) in [5, 5.41) is 9.08. The van der Waals surface area contributed by atoms with Crippen LogP contribution < -0.4 is 16.0 Å². The van der Waals surface area contributed by atoms with Gasteiger partial charge in [0.2, 0.25) is 11.8 Å². The number of hydrogen-bond donors (Lipinski definition) is 3. The molecule has 2 rings (SSSR count). The zero-order valence-electron chi connectivity index (χ0n) is 11.5. The van der Waals surface area contributed by atoms with Crippen LogP contribution in [0.3, 0.4) is 0 Å². The van der Waals surface area contributed by atoms with Gasteiger partial charge in [-0.15, -0.1) is 0 Å². The smallest absolute Gasteiger partial charge is 0.227 e. The first kappa shape index (κ1) is 14.8. The largest absolute Gasteiger partial charge is 0.326 e. The molecule has 0 radical (unpaired) electrons. The Labute approximate surface area is 123 Å². The fourth-order valence-electron chi connectivity index (χ4n) is 2.02. The molecule has 1 aliphatic heterocycles. The average molecular weight is 296 g/mol. The third kappa shape index (κ3) is 3.49. The van der Waals surface area contributed by atoms with Gasteiger partial charge in [0.1, 0.15) is 0 Å². The maximum absolute atomic E-state index is 12.1. The maximum atomic E-state index is 12.1. The van der Waals surface area contributed by atoms with Crippen LogP contribution >= 0.6 is 11.6 Å². The van der Waals surface area contributed by atoms with Crippen LogP contribution in [-0.4, -0.2) is 24.9 Å². The quantitative estimate of drug-likeness (QED) is 0.796. The lowest BCUT2D eigenvalue weighted by Gasteiger charge is -2.31. The highest BCUT2D eigenvalue weighted by molar-refractivity contribution is 6.33. The highest BCUT2D eigenvalue weighted by atomic mass is 35.5. The molecule has 1 unspecified atom stereocenters. The van der Waals surface area contributed by atoms with Crippen molar-refractivity contribution in [2.45, 2.75) is 13.8 Å². The summed E-state index contributed by atoms with van der Waals surface area (Å²) >= 11 is 5.99. The summed E-state index contributed by atoms with van der Waals surface area (Å²) in [6, 6.07) is 5.03. The molecule has 1 aromatic carbocycles. The molecule has 0 aliphatic carbocycles. The number of hydrogen-bond acceptors (Lipinski definition) is 3. The van der Waals surface area contributed by atoms with Crippen LogP contribution in [0.2, 0.25) is 5.02 Å². The highest BCUT2D eigenvalue weighted by Crippen LogP contribution is 2.26. The SMILES string of the molecule is CC(=O)Nc1cc(NC(=O)C(C)C2CNC2)ccc1Cl. The van der Waals surface area contributed by atoms with Crippen molar-refractivity contribution in [1.82, 2.24) is 5.32 Å². The number of amides is 2. The summed E-state index contributed by atoms with van der Waals surface area (Å²) in [7, 11) is 0. The van der Waals surface area contributed by atoms with E-state index < -0.39 is 0 Å². The van der Waals surface area contributed by atoms with Gasteiger partial charge in [0.05, 0.1) is 10.7 Å². The molecule has 108 valence electrons. The Hall–Kier alpha value is -1.59. The third-order valence-corrected chi connectivity index (χ3v) is 3.81. The molecule has 6 heteroatoms. The van der Waals surface area contributed by atoms with Gasteiger partial charge in [0, 0.05) is 18.5 Å². The van der Waals surface area contributed by atoms with Crippen molar-refractivity contribution in [1.29, 1.82) is 0 Å². The minimum atomic E-state index is -0.204. The first-order valence-corrected chi connectivity index (χ1v) is 6.94.